The van der Waals surface area contributed by atoms with Crippen LogP contribution in [0.15, 0.2) is 35.5 Å². The molecule has 0 aliphatic rings. The van der Waals surface area contributed by atoms with Gasteiger partial charge in [-0.1, -0.05) is 18.2 Å². The van der Waals surface area contributed by atoms with E-state index in [0.717, 1.165) is 10.9 Å². The van der Waals surface area contributed by atoms with E-state index in [1.807, 2.05) is 18.2 Å². The third-order valence-electron chi connectivity index (χ3n) is 6.11. The number of carbonyl (C=O) groups excluding carboxylic acids is 3. The Balaban J connectivity index is 2.24. The van der Waals surface area contributed by atoms with Crippen LogP contribution in [0.1, 0.15) is 31.2 Å². The number of guanidine groups is 1. The first-order valence-electron chi connectivity index (χ1n) is 12.8. The van der Waals surface area contributed by atoms with Crippen molar-refractivity contribution in [3.05, 3.63) is 36.0 Å². The maximum Gasteiger partial charge on any atom is 0.327 e. The summed E-state index contributed by atoms with van der Waals surface area (Å²) in [6, 6.07) is 2.27. The smallest absolute Gasteiger partial charge is 0.327 e. The molecule has 1 aromatic carbocycles. The summed E-state index contributed by atoms with van der Waals surface area (Å²) in [6.45, 7) is 0.237. The zero-order valence-corrected chi connectivity index (χ0v) is 23.1. The summed E-state index contributed by atoms with van der Waals surface area (Å²) in [4.78, 5) is 68.8. The molecule has 4 atom stereocenters. The van der Waals surface area contributed by atoms with Gasteiger partial charge < -0.3 is 48.3 Å². The molecule has 0 saturated heterocycles. The van der Waals surface area contributed by atoms with Gasteiger partial charge in [-0.25, -0.2) is 4.79 Å². The van der Waals surface area contributed by atoms with Crippen molar-refractivity contribution >= 4 is 59.2 Å². The number of carboxylic acids is 2. The van der Waals surface area contributed by atoms with Crippen molar-refractivity contribution < 1.29 is 34.2 Å². The fourth-order valence-electron chi connectivity index (χ4n) is 3.93. The average Bonchev–Trinajstić information content (AvgIpc) is 3.33. The highest BCUT2D eigenvalue weighted by atomic mass is 32.1. The third kappa shape index (κ3) is 10.6. The first-order chi connectivity index (χ1) is 19.4. The Kier molecular flexibility index (Phi) is 12.9. The number of para-hydroxylation sites is 1. The Morgan fingerprint density at radius 1 is 0.927 bits per heavy atom. The van der Waals surface area contributed by atoms with Crippen LogP contribution in [-0.2, 0) is 30.4 Å². The number of aromatic amines is 1. The zero-order valence-electron chi connectivity index (χ0n) is 22.2. The number of fused-ring (bicyclic) bond motifs is 1. The second-order valence-electron chi connectivity index (χ2n) is 9.26. The van der Waals surface area contributed by atoms with Gasteiger partial charge in [-0.3, -0.25) is 24.2 Å². The summed E-state index contributed by atoms with van der Waals surface area (Å²) < 4.78 is 0. The van der Waals surface area contributed by atoms with Gasteiger partial charge in [0.1, 0.15) is 18.1 Å². The van der Waals surface area contributed by atoms with E-state index in [1.165, 1.54) is 0 Å². The van der Waals surface area contributed by atoms with Crippen molar-refractivity contribution in [3.8, 4) is 0 Å². The number of thiol groups is 1. The SMILES string of the molecule is NC(N)=NCCCC(N)C(=O)NC(CCC(=O)O)C(=O)NC(Cc1c[nH]c2ccccc12)C(=O)NC(CS)C(=O)O. The minimum Gasteiger partial charge on any atom is -0.481 e. The number of hydrogen-bond acceptors (Lipinski definition) is 8. The zero-order chi connectivity index (χ0) is 30.5. The summed E-state index contributed by atoms with van der Waals surface area (Å²) in [6.07, 6.45) is 1.43. The molecule has 4 unspecified atom stereocenters. The fraction of sp³-hybridized carbons (Fsp3) is 0.440. The topological polar surface area (TPSA) is 268 Å². The van der Waals surface area contributed by atoms with Crippen LogP contribution in [0.4, 0.5) is 0 Å². The summed E-state index contributed by atoms with van der Waals surface area (Å²) in [5.41, 5.74) is 17.9. The van der Waals surface area contributed by atoms with Crippen LogP contribution in [-0.4, -0.2) is 87.3 Å². The molecule has 15 nitrogen and oxygen atoms in total. The molecule has 41 heavy (non-hydrogen) atoms. The number of nitrogens with zero attached hydrogens (tertiary/aromatic N) is 1. The number of H-pyrrole nitrogens is 1. The number of nitrogens with one attached hydrogen (secondary N) is 4. The number of aliphatic imine (C=N–C) groups is 1. The molecule has 0 bridgehead atoms. The molecule has 1 aromatic heterocycles. The predicted octanol–water partition coefficient (Wildman–Crippen LogP) is -1.58. The Hall–Kier alpha value is -4.31. The van der Waals surface area contributed by atoms with Gasteiger partial charge >= 0.3 is 11.9 Å². The van der Waals surface area contributed by atoms with Gasteiger partial charge in [0.25, 0.3) is 0 Å². The lowest BCUT2D eigenvalue weighted by atomic mass is 10.0. The lowest BCUT2D eigenvalue weighted by molar-refractivity contribution is -0.141. The van der Waals surface area contributed by atoms with E-state index < -0.39 is 60.2 Å². The Bertz CT molecular complexity index is 1260. The predicted molar refractivity (Wildman–Crippen MR) is 154 cm³/mol. The van der Waals surface area contributed by atoms with Crippen LogP contribution < -0.4 is 33.2 Å². The highest BCUT2D eigenvalue weighted by molar-refractivity contribution is 7.80. The minimum absolute atomic E-state index is 0.0373. The number of rotatable bonds is 17. The van der Waals surface area contributed by atoms with Crippen molar-refractivity contribution in [3.63, 3.8) is 0 Å². The molecule has 3 amide bonds. The van der Waals surface area contributed by atoms with Crippen LogP contribution in [0.25, 0.3) is 10.9 Å². The molecular weight excluding hydrogens is 556 g/mol. The lowest BCUT2D eigenvalue weighted by Gasteiger charge is -2.25. The molecule has 0 radical (unpaired) electrons. The number of hydrogen-bond donors (Lipinski definition) is 10. The average molecular weight is 593 g/mol. The van der Waals surface area contributed by atoms with Crippen LogP contribution >= 0.6 is 12.6 Å². The second kappa shape index (κ2) is 16.1. The Labute approximate surface area is 241 Å². The first kappa shape index (κ1) is 32.9. The quantitative estimate of drug-likeness (QED) is 0.0436. The molecule has 16 heteroatoms. The van der Waals surface area contributed by atoms with Crippen LogP contribution in [0.5, 0.6) is 0 Å². The van der Waals surface area contributed by atoms with E-state index in [1.54, 1.807) is 12.3 Å². The number of carbonyl (C=O) groups is 5. The molecular formula is C25H36N8O7S. The monoisotopic (exact) mass is 592 g/mol. The van der Waals surface area contributed by atoms with Crippen molar-refractivity contribution in [1.82, 2.24) is 20.9 Å². The number of aliphatic carboxylic acids is 2. The van der Waals surface area contributed by atoms with E-state index in [0.29, 0.717) is 12.0 Å². The first-order valence-corrected chi connectivity index (χ1v) is 13.4. The minimum atomic E-state index is -1.35. The molecule has 0 saturated carbocycles. The van der Waals surface area contributed by atoms with E-state index in [9.17, 15) is 29.1 Å². The van der Waals surface area contributed by atoms with Gasteiger partial charge in [0.2, 0.25) is 17.7 Å². The summed E-state index contributed by atoms with van der Waals surface area (Å²) >= 11 is 3.96. The fourth-order valence-corrected chi connectivity index (χ4v) is 4.17. The maximum atomic E-state index is 13.3. The number of benzene rings is 1. The number of nitrogens with two attached hydrogens (primary N) is 3. The number of aromatic nitrogens is 1. The summed E-state index contributed by atoms with van der Waals surface area (Å²) in [5, 5.41) is 26.7. The molecule has 0 aliphatic heterocycles. The summed E-state index contributed by atoms with van der Waals surface area (Å²) in [7, 11) is 0. The molecule has 0 aliphatic carbocycles. The third-order valence-corrected chi connectivity index (χ3v) is 6.48. The lowest BCUT2D eigenvalue weighted by Crippen LogP contribution is -2.57. The number of amides is 3. The molecule has 0 spiro atoms. The Morgan fingerprint density at radius 2 is 1.56 bits per heavy atom. The van der Waals surface area contributed by atoms with Crippen molar-refractivity contribution in [2.45, 2.75) is 56.3 Å². The van der Waals surface area contributed by atoms with E-state index >= 15 is 0 Å². The van der Waals surface area contributed by atoms with Gasteiger partial charge in [-0.05, 0) is 30.9 Å². The van der Waals surface area contributed by atoms with Gasteiger partial charge in [-0.2, -0.15) is 12.6 Å². The molecule has 224 valence electrons. The van der Waals surface area contributed by atoms with Crippen LogP contribution in [0.3, 0.4) is 0 Å². The van der Waals surface area contributed by atoms with Crippen molar-refractivity contribution in [1.29, 1.82) is 0 Å². The Morgan fingerprint density at radius 3 is 2.20 bits per heavy atom. The van der Waals surface area contributed by atoms with E-state index in [2.05, 4.69) is 38.6 Å². The molecule has 12 N–H and O–H groups in total. The molecule has 1 heterocycles. The van der Waals surface area contributed by atoms with Gasteiger partial charge in [0.05, 0.1) is 6.04 Å². The molecule has 2 rings (SSSR count). The number of carboxylic acid groups (broad SMARTS) is 2. The van der Waals surface area contributed by atoms with Gasteiger partial charge in [-0.15, -0.1) is 0 Å². The van der Waals surface area contributed by atoms with E-state index in [-0.39, 0.29) is 37.5 Å². The molecule has 0 fully saturated rings. The highest BCUT2D eigenvalue weighted by Gasteiger charge is 2.31. The highest BCUT2D eigenvalue weighted by Crippen LogP contribution is 2.19. The van der Waals surface area contributed by atoms with Gasteiger partial charge in [0, 0.05) is 42.2 Å². The van der Waals surface area contributed by atoms with Crippen molar-refractivity contribution in [2.24, 2.45) is 22.2 Å². The second-order valence-corrected chi connectivity index (χ2v) is 9.62. The van der Waals surface area contributed by atoms with Crippen LogP contribution in [0.2, 0.25) is 0 Å². The normalized spacial score (nSPS) is 13.8. The van der Waals surface area contributed by atoms with E-state index in [4.69, 9.17) is 22.3 Å². The standard InChI is InChI=1S/C25H36N8O7S/c26-15(5-3-9-29-25(27)28)21(36)31-17(7-8-20(34)35)22(37)32-18(23(38)33-19(12-41)24(39)40)10-13-11-30-16-6-2-1-4-14(13)16/h1-2,4,6,11,15,17-19,30,41H,3,5,7-10,12,26H2,(H,31,36)(H,32,37)(H,33,38)(H,34,35)(H,39,40)(H4,27,28,29). The molecule has 2 aromatic rings. The van der Waals surface area contributed by atoms with Crippen molar-refractivity contribution in [2.75, 3.05) is 12.3 Å². The van der Waals surface area contributed by atoms with Crippen LogP contribution in [0, 0.1) is 0 Å². The van der Waals surface area contributed by atoms with Gasteiger partial charge in [0.15, 0.2) is 5.96 Å². The maximum absolute atomic E-state index is 13.3. The largest absolute Gasteiger partial charge is 0.481 e. The summed E-state index contributed by atoms with van der Waals surface area (Å²) in [5.74, 6) is -5.18.